The number of nitrogens with two attached hydrogens (primary N) is 1. The molecule has 1 unspecified atom stereocenters. The predicted molar refractivity (Wildman–Crippen MR) is 57.5 cm³/mol. The first-order chi connectivity index (χ1) is 5.52. The van der Waals surface area contributed by atoms with Crippen molar-refractivity contribution in [2.75, 3.05) is 6.54 Å². The lowest BCUT2D eigenvalue weighted by Gasteiger charge is -2.43. The number of aliphatic hydroxyl groups is 1. The molecule has 80 valence electrons. The zero-order valence-corrected chi connectivity index (χ0v) is 9.94. The highest BCUT2D eigenvalue weighted by molar-refractivity contribution is 4.93. The van der Waals surface area contributed by atoms with Gasteiger partial charge in [-0.1, -0.05) is 34.6 Å². The highest BCUT2D eigenvalue weighted by atomic mass is 16.3. The van der Waals surface area contributed by atoms with E-state index < -0.39 is 5.60 Å². The second-order valence-corrected chi connectivity index (χ2v) is 6.10. The van der Waals surface area contributed by atoms with Crippen molar-refractivity contribution in [1.82, 2.24) is 0 Å². The molecule has 2 heteroatoms. The molecule has 0 aliphatic carbocycles. The van der Waals surface area contributed by atoms with Crippen LogP contribution in [0, 0.1) is 10.8 Å². The number of hydrogen-bond acceptors (Lipinski definition) is 2. The molecular weight excluding hydrogens is 162 g/mol. The zero-order valence-electron chi connectivity index (χ0n) is 9.94. The summed E-state index contributed by atoms with van der Waals surface area (Å²) in [5, 5.41) is 10.3. The molecule has 0 radical (unpaired) electrons. The van der Waals surface area contributed by atoms with Crippen molar-refractivity contribution in [3.8, 4) is 0 Å². The van der Waals surface area contributed by atoms with Crippen LogP contribution in [0.3, 0.4) is 0 Å². The van der Waals surface area contributed by atoms with Crippen molar-refractivity contribution in [3.63, 3.8) is 0 Å². The summed E-state index contributed by atoms with van der Waals surface area (Å²) in [6.07, 6.45) is 0.768. The molecule has 0 aliphatic heterocycles. The first kappa shape index (κ1) is 12.9. The molecule has 0 bridgehead atoms. The van der Waals surface area contributed by atoms with Crippen LogP contribution >= 0.6 is 0 Å². The van der Waals surface area contributed by atoms with E-state index in [2.05, 4.69) is 20.8 Å². The maximum absolute atomic E-state index is 10.3. The van der Waals surface area contributed by atoms with Gasteiger partial charge in [-0.2, -0.15) is 0 Å². The lowest BCUT2D eigenvalue weighted by molar-refractivity contribution is -0.0736. The van der Waals surface area contributed by atoms with Crippen LogP contribution in [0.25, 0.3) is 0 Å². The van der Waals surface area contributed by atoms with Crippen molar-refractivity contribution < 1.29 is 5.11 Å². The molecule has 0 fully saturated rings. The number of hydrogen-bond donors (Lipinski definition) is 2. The van der Waals surface area contributed by atoms with Gasteiger partial charge >= 0.3 is 0 Å². The summed E-state index contributed by atoms with van der Waals surface area (Å²) in [7, 11) is 0. The van der Waals surface area contributed by atoms with E-state index in [0.29, 0.717) is 6.54 Å². The van der Waals surface area contributed by atoms with Gasteiger partial charge in [-0.3, -0.25) is 0 Å². The van der Waals surface area contributed by atoms with Gasteiger partial charge in [0.15, 0.2) is 0 Å². The van der Waals surface area contributed by atoms with E-state index in [4.69, 9.17) is 5.73 Å². The molecule has 0 saturated carbocycles. The molecule has 1 atom stereocenters. The average Bonchev–Trinajstić information content (AvgIpc) is 1.81. The quantitative estimate of drug-likeness (QED) is 0.711. The van der Waals surface area contributed by atoms with E-state index in [9.17, 15) is 5.11 Å². The lowest BCUT2D eigenvalue weighted by Crippen LogP contribution is -2.48. The van der Waals surface area contributed by atoms with Crippen LogP contribution < -0.4 is 5.73 Å². The Morgan fingerprint density at radius 1 is 1.00 bits per heavy atom. The van der Waals surface area contributed by atoms with Gasteiger partial charge in [0, 0.05) is 12.0 Å². The summed E-state index contributed by atoms with van der Waals surface area (Å²) in [6.45, 7) is 12.8. The van der Waals surface area contributed by atoms with Gasteiger partial charge in [0.25, 0.3) is 0 Å². The van der Waals surface area contributed by atoms with Gasteiger partial charge in [0.1, 0.15) is 0 Å². The molecule has 0 rings (SSSR count). The topological polar surface area (TPSA) is 46.2 Å². The molecule has 0 aliphatic rings. The van der Waals surface area contributed by atoms with Crippen LogP contribution in [0.1, 0.15) is 48.0 Å². The molecule has 0 aromatic rings. The van der Waals surface area contributed by atoms with Crippen LogP contribution in [0.2, 0.25) is 0 Å². The molecule has 0 heterocycles. The maximum atomic E-state index is 10.3. The van der Waals surface area contributed by atoms with E-state index in [1.807, 2.05) is 20.8 Å². The third-order valence-electron chi connectivity index (χ3n) is 2.84. The molecule has 0 saturated heterocycles. The second-order valence-electron chi connectivity index (χ2n) is 6.10. The Balaban J connectivity index is 4.58. The van der Waals surface area contributed by atoms with Crippen LogP contribution in [-0.2, 0) is 0 Å². The second kappa shape index (κ2) is 3.58. The molecule has 3 N–H and O–H groups in total. The Bertz CT molecular complexity index is 165. The predicted octanol–water partition coefficient (Wildman–Crippen LogP) is 2.16. The van der Waals surface area contributed by atoms with E-state index in [1.54, 1.807) is 0 Å². The maximum Gasteiger partial charge on any atom is 0.0687 e. The fourth-order valence-electron chi connectivity index (χ4n) is 1.49. The minimum atomic E-state index is -0.694. The van der Waals surface area contributed by atoms with Crippen LogP contribution in [0.5, 0.6) is 0 Å². The third-order valence-corrected chi connectivity index (χ3v) is 2.84. The zero-order chi connectivity index (χ0) is 10.9. The molecule has 0 aromatic heterocycles. The fourth-order valence-corrected chi connectivity index (χ4v) is 1.49. The standard InChI is InChI=1S/C11H25NO/c1-9(2,3)7-11(6,13)10(4,5)8-12/h13H,7-8,12H2,1-6H3. The molecule has 0 spiro atoms. The summed E-state index contributed by atoms with van der Waals surface area (Å²) < 4.78 is 0. The van der Waals surface area contributed by atoms with Crippen molar-refractivity contribution >= 4 is 0 Å². The molecule has 2 nitrogen and oxygen atoms in total. The monoisotopic (exact) mass is 187 g/mol. The van der Waals surface area contributed by atoms with Crippen molar-refractivity contribution in [3.05, 3.63) is 0 Å². The van der Waals surface area contributed by atoms with Crippen LogP contribution in [0.4, 0.5) is 0 Å². The van der Waals surface area contributed by atoms with Gasteiger partial charge in [0.2, 0.25) is 0 Å². The van der Waals surface area contributed by atoms with Gasteiger partial charge in [-0.25, -0.2) is 0 Å². The summed E-state index contributed by atoms with van der Waals surface area (Å²) in [6, 6.07) is 0. The summed E-state index contributed by atoms with van der Waals surface area (Å²) in [5.74, 6) is 0. The molecular formula is C11H25NO. The Kier molecular flexibility index (Phi) is 3.56. The Hall–Kier alpha value is -0.0800. The van der Waals surface area contributed by atoms with Gasteiger partial charge in [-0.15, -0.1) is 0 Å². The summed E-state index contributed by atoms with van der Waals surface area (Å²) >= 11 is 0. The first-order valence-corrected chi connectivity index (χ1v) is 4.94. The van der Waals surface area contributed by atoms with Gasteiger partial charge in [0.05, 0.1) is 5.60 Å². The minimum Gasteiger partial charge on any atom is -0.390 e. The Labute approximate surface area is 82.5 Å². The van der Waals surface area contributed by atoms with E-state index in [0.717, 1.165) is 6.42 Å². The highest BCUT2D eigenvalue weighted by Crippen LogP contribution is 2.38. The first-order valence-electron chi connectivity index (χ1n) is 4.94. The lowest BCUT2D eigenvalue weighted by atomic mass is 9.68. The van der Waals surface area contributed by atoms with Crippen molar-refractivity contribution in [2.24, 2.45) is 16.6 Å². The minimum absolute atomic E-state index is 0.135. The van der Waals surface area contributed by atoms with E-state index >= 15 is 0 Å². The fraction of sp³-hybridized carbons (Fsp3) is 1.00. The largest absolute Gasteiger partial charge is 0.390 e. The summed E-state index contributed by atoms with van der Waals surface area (Å²) in [5.41, 5.74) is 4.87. The SMILES string of the molecule is CC(C)(C)CC(C)(O)C(C)(C)CN. The van der Waals surface area contributed by atoms with Crippen molar-refractivity contribution in [2.45, 2.75) is 53.6 Å². The summed E-state index contributed by atoms with van der Waals surface area (Å²) in [4.78, 5) is 0. The van der Waals surface area contributed by atoms with Gasteiger partial charge < -0.3 is 10.8 Å². The molecule has 13 heavy (non-hydrogen) atoms. The average molecular weight is 187 g/mol. The van der Waals surface area contributed by atoms with Crippen molar-refractivity contribution in [1.29, 1.82) is 0 Å². The third kappa shape index (κ3) is 3.65. The van der Waals surface area contributed by atoms with Gasteiger partial charge in [-0.05, 0) is 18.8 Å². The van der Waals surface area contributed by atoms with E-state index in [1.165, 1.54) is 0 Å². The highest BCUT2D eigenvalue weighted by Gasteiger charge is 2.40. The Morgan fingerprint density at radius 2 is 1.38 bits per heavy atom. The Morgan fingerprint density at radius 3 is 1.62 bits per heavy atom. The normalized spacial score (nSPS) is 18.5. The number of rotatable bonds is 3. The smallest absolute Gasteiger partial charge is 0.0687 e. The van der Waals surface area contributed by atoms with Crippen LogP contribution in [0.15, 0.2) is 0 Å². The molecule has 0 amide bonds. The van der Waals surface area contributed by atoms with E-state index in [-0.39, 0.29) is 10.8 Å². The van der Waals surface area contributed by atoms with Crippen LogP contribution in [-0.4, -0.2) is 17.3 Å². The molecule has 0 aromatic carbocycles.